The van der Waals surface area contributed by atoms with Crippen LogP contribution in [0.2, 0.25) is 0 Å². The number of primary amides is 1. The average molecular weight is 191 g/mol. The number of aliphatic hydroxyl groups is 3. The van der Waals surface area contributed by atoms with Crippen LogP contribution in [-0.2, 0) is 4.79 Å². The highest BCUT2D eigenvalue weighted by atomic mass is 16.4. The zero-order valence-electron chi connectivity index (χ0n) is 7.84. The van der Waals surface area contributed by atoms with Crippen molar-refractivity contribution in [3.8, 4) is 0 Å². The van der Waals surface area contributed by atoms with E-state index >= 15 is 0 Å². The molecule has 78 valence electrons. The number of aliphatic hydroxyl groups excluding tert-OH is 3. The second-order valence-corrected chi connectivity index (χ2v) is 3.41. The number of nitrogens with two attached hydrogens (primary N) is 1. The van der Waals surface area contributed by atoms with Crippen molar-refractivity contribution in [1.82, 2.24) is 0 Å². The Morgan fingerprint density at radius 2 is 1.85 bits per heavy atom. The van der Waals surface area contributed by atoms with Crippen LogP contribution in [0.3, 0.4) is 0 Å². The monoisotopic (exact) mass is 191 g/mol. The van der Waals surface area contributed by atoms with Crippen molar-refractivity contribution in [1.29, 1.82) is 0 Å². The van der Waals surface area contributed by atoms with Crippen LogP contribution in [0.15, 0.2) is 0 Å². The van der Waals surface area contributed by atoms with Gasteiger partial charge >= 0.3 is 0 Å². The number of carbonyl (C=O) groups excluding carboxylic acids is 1. The average Bonchev–Trinajstić information content (AvgIpc) is 2.01. The smallest absolute Gasteiger partial charge is 0.223 e. The van der Waals surface area contributed by atoms with E-state index in [1.807, 2.05) is 0 Å². The molecule has 0 fully saturated rings. The van der Waals surface area contributed by atoms with Gasteiger partial charge in [0.15, 0.2) is 0 Å². The van der Waals surface area contributed by atoms with E-state index in [1.165, 1.54) is 0 Å². The maximum absolute atomic E-state index is 10.9. The molecule has 1 amide bonds. The molecule has 0 radical (unpaired) electrons. The van der Waals surface area contributed by atoms with E-state index in [9.17, 15) is 9.90 Å². The van der Waals surface area contributed by atoms with Crippen LogP contribution in [0.5, 0.6) is 0 Å². The lowest BCUT2D eigenvalue weighted by molar-refractivity contribution is -0.132. The number of hydrogen-bond donors (Lipinski definition) is 4. The highest BCUT2D eigenvalue weighted by Crippen LogP contribution is 2.17. The summed E-state index contributed by atoms with van der Waals surface area (Å²) < 4.78 is 0. The Hall–Kier alpha value is -0.650. The van der Waals surface area contributed by atoms with Crippen LogP contribution in [0, 0.1) is 11.8 Å². The quantitative estimate of drug-likeness (QED) is 0.422. The zero-order valence-corrected chi connectivity index (χ0v) is 7.84. The molecule has 5 N–H and O–H groups in total. The Balaban J connectivity index is 4.45. The summed E-state index contributed by atoms with van der Waals surface area (Å²) in [5.74, 6) is -1.68. The molecule has 3 atom stereocenters. The molecule has 0 saturated heterocycles. The van der Waals surface area contributed by atoms with Crippen LogP contribution in [-0.4, -0.2) is 40.0 Å². The van der Waals surface area contributed by atoms with Crippen LogP contribution in [0.4, 0.5) is 0 Å². The molecule has 5 nitrogen and oxygen atoms in total. The van der Waals surface area contributed by atoms with Gasteiger partial charge in [0.2, 0.25) is 5.91 Å². The predicted molar refractivity (Wildman–Crippen MR) is 46.6 cm³/mol. The fraction of sp³-hybridized carbons (Fsp3) is 0.875. The van der Waals surface area contributed by atoms with E-state index in [2.05, 4.69) is 0 Å². The Morgan fingerprint density at radius 3 is 2.08 bits per heavy atom. The van der Waals surface area contributed by atoms with Gasteiger partial charge in [0.05, 0.1) is 18.6 Å². The van der Waals surface area contributed by atoms with Crippen molar-refractivity contribution < 1.29 is 20.1 Å². The molecular weight excluding hydrogens is 174 g/mol. The highest BCUT2D eigenvalue weighted by molar-refractivity contribution is 5.77. The van der Waals surface area contributed by atoms with Crippen molar-refractivity contribution in [3.63, 3.8) is 0 Å². The summed E-state index contributed by atoms with van der Waals surface area (Å²) in [5, 5.41) is 27.0. The molecule has 0 aromatic heterocycles. The number of rotatable bonds is 5. The van der Waals surface area contributed by atoms with Gasteiger partial charge in [-0.25, -0.2) is 0 Å². The van der Waals surface area contributed by atoms with E-state index in [1.54, 1.807) is 13.8 Å². The third-order valence-electron chi connectivity index (χ3n) is 2.00. The number of hydrogen-bond acceptors (Lipinski definition) is 4. The summed E-state index contributed by atoms with van der Waals surface area (Å²) >= 11 is 0. The van der Waals surface area contributed by atoms with Gasteiger partial charge in [0.25, 0.3) is 0 Å². The molecule has 0 aromatic rings. The van der Waals surface area contributed by atoms with E-state index in [0.717, 1.165) is 0 Å². The molecule has 0 unspecified atom stereocenters. The minimum absolute atomic E-state index is 0.173. The lowest BCUT2D eigenvalue weighted by Crippen LogP contribution is -2.44. The summed E-state index contributed by atoms with van der Waals surface area (Å²) in [4.78, 5) is 10.9. The topological polar surface area (TPSA) is 104 Å². The van der Waals surface area contributed by atoms with E-state index in [0.29, 0.717) is 0 Å². The minimum Gasteiger partial charge on any atom is -0.394 e. The van der Waals surface area contributed by atoms with Gasteiger partial charge in [0, 0.05) is 0 Å². The first-order valence-corrected chi connectivity index (χ1v) is 4.18. The molecule has 0 aromatic carbocycles. The molecule has 0 spiro atoms. The van der Waals surface area contributed by atoms with Crippen LogP contribution < -0.4 is 5.73 Å². The minimum atomic E-state index is -1.32. The fourth-order valence-corrected chi connectivity index (χ4v) is 1.24. The van der Waals surface area contributed by atoms with Crippen molar-refractivity contribution in [2.45, 2.75) is 26.1 Å². The van der Waals surface area contributed by atoms with Gasteiger partial charge in [-0.3, -0.25) is 4.79 Å². The van der Waals surface area contributed by atoms with E-state index in [-0.39, 0.29) is 5.92 Å². The van der Waals surface area contributed by atoms with Crippen molar-refractivity contribution in [2.75, 3.05) is 6.61 Å². The molecule has 0 aliphatic carbocycles. The van der Waals surface area contributed by atoms with Gasteiger partial charge < -0.3 is 21.1 Å². The van der Waals surface area contributed by atoms with Crippen molar-refractivity contribution in [3.05, 3.63) is 0 Å². The maximum atomic E-state index is 10.9. The van der Waals surface area contributed by atoms with Crippen LogP contribution >= 0.6 is 0 Å². The Kier molecular flexibility index (Phi) is 4.90. The second-order valence-electron chi connectivity index (χ2n) is 3.41. The molecule has 0 aliphatic heterocycles. The normalized spacial score (nSPS) is 18.3. The van der Waals surface area contributed by atoms with Gasteiger partial charge in [-0.2, -0.15) is 0 Å². The molecular formula is C8H17NO4. The largest absolute Gasteiger partial charge is 0.394 e. The maximum Gasteiger partial charge on any atom is 0.223 e. The van der Waals surface area contributed by atoms with E-state index in [4.69, 9.17) is 15.9 Å². The lowest BCUT2D eigenvalue weighted by Gasteiger charge is -2.26. The fourth-order valence-electron chi connectivity index (χ4n) is 1.24. The standard InChI is InChI=1S/C8H17NO4/c1-4(2)6(8(9)13)7(12)5(11)3-10/h4-7,10-12H,3H2,1-2H3,(H2,9,13)/t5-,6+,7+/m1/s1. The number of carbonyl (C=O) groups is 1. The molecule has 0 bridgehead atoms. The summed E-state index contributed by atoms with van der Waals surface area (Å²) in [6.45, 7) is 2.84. The SMILES string of the molecule is CC(C)[C@H](C(N)=O)[C@@H](O)[C@H](O)CO. The van der Waals surface area contributed by atoms with Gasteiger partial charge in [0.1, 0.15) is 6.10 Å². The Bertz CT molecular complexity index is 172. The van der Waals surface area contributed by atoms with Crippen LogP contribution in [0.1, 0.15) is 13.8 Å². The first-order valence-electron chi connectivity index (χ1n) is 4.18. The molecule has 5 heteroatoms. The third-order valence-corrected chi connectivity index (χ3v) is 2.00. The third kappa shape index (κ3) is 3.30. The van der Waals surface area contributed by atoms with Gasteiger partial charge in [-0.1, -0.05) is 13.8 Å². The summed E-state index contributed by atoms with van der Waals surface area (Å²) in [6, 6.07) is 0. The summed E-state index contributed by atoms with van der Waals surface area (Å²) in [6.07, 6.45) is -2.62. The van der Waals surface area contributed by atoms with Crippen LogP contribution in [0.25, 0.3) is 0 Å². The molecule has 0 rings (SSSR count). The van der Waals surface area contributed by atoms with Gasteiger partial charge in [-0.05, 0) is 5.92 Å². The zero-order chi connectivity index (χ0) is 10.6. The first-order chi connectivity index (χ1) is 5.91. The molecule has 13 heavy (non-hydrogen) atoms. The summed E-state index contributed by atoms with van der Waals surface area (Å²) in [5.41, 5.74) is 5.04. The second kappa shape index (κ2) is 5.16. The lowest BCUT2D eigenvalue weighted by atomic mass is 9.87. The Labute approximate surface area is 77.2 Å². The molecule has 0 aliphatic rings. The number of amides is 1. The molecule has 0 heterocycles. The van der Waals surface area contributed by atoms with Gasteiger partial charge in [-0.15, -0.1) is 0 Å². The Morgan fingerprint density at radius 1 is 1.38 bits per heavy atom. The highest BCUT2D eigenvalue weighted by Gasteiger charge is 2.32. The first kappa shape index (κ1) is 12.3. The summed E-state index contributed by atoms with van der Waals surface area (Å²) in [7, 11) is 0. The van der Waals surface area contributed by atoms with Crippen molar-refractivity contribution >= 4 is 5.91 Å². The predicted octanol–water partition coefficient (Wildman–Crippen LogP) is -1.54. The van der Waals surface area contributed by atoms with Crippen molar-refractivity contribution in [2.24, 2.45) is 17.6 Å². The molecule has 0 saturated carbocycles. The van der Waals surface area contributed by atoms with E-state index < -0.39 is 30.6 Å².